The first-order valence-corrected chi connectivity index (χ1v) is 7.08. The fourth-order valence-electron chi connectivity index (χ4n) is 3.28. The highest BCUT2D eigenvalue weighted by Gasteiger charge is 2.43. The van der Waals surface area contributed by atoms with E-state index in [1.165, 1.54) is 5.00 Å². The average molecular weight is 267 g/mol. The molecule has 0 aromatic carbocycles. The van der Waals surface area contributed by atoms with Crippen LogP contribution >= 0.6 is 11.5 Å². The second-order valence-corrected chi connectivity index (χ2v) is 6.07. The van der Waals surface area contributed by atoms with Crippen molar-refractivity contribution in [3.05, 3.63) is 11.8 Å². The molecule has 6 heteroatoms. The molecular weight excluding hydrogens is 250 g/mol. The number of rotatable bonds is 2. The Balaban J connectivity index is 1.73. The Morgan fingerprint density at radius 2 is 2.17 bits per heavy atom. The lowest BCUT2D eigenvalue weighted by Crippen LogP contribution is -2.52. The van der Waals surface area contributed by atoms with E-state index >= 15 is 0 Å². The molecule has 3 atom stereocenters. The zero-order valence-electron chi connectivity index (χ0n) is 10.3. The molecule has 1 aliphatic carbocycles. The highest BCUT2D eigenvalue weighted by molar-refractivity contribution is 7.10. The lowest BCUT2D eigenvalue weighted by molar-refractivity contribution is 0.178. The van der Waals surface area contributed by atoms with E-state index in [-0.39, 0.29) is 6.04 Å². The summed E-state index contributed by atoms with van der Waals surface area (Å²) in [6.45, 7) is 3.90. The van der Waals surface area contributed by atoms with Crippen LogP contribution in [0.25, 0.3) is 0 Å². The quantitative estimate of drug-likeness (QED) is 0.859. The number of piperidine rings is 1. The lowest BCUT2D eigenvalue weighted by Gasteiger charge is -2.38. The molecule has 3 rings (SSSR count). The van der Waals surface area contributed by atoms with Crippen molar-refractivity contribution in [3.8, 4) is 0 Å². The van der Waals surface area contributed by atoms with E-state index in [4.69, 9.17) is 5.11 Å². The predicted octanol–water partition coefficient (Wildman–Crippen LogP) is 1.93. The van der Waals surface area contributed by atoms with Gasteiger partial charge in [-0.3, -0.25) is 0 Å². The predicted molar refractivity (Wildman–Crippen MR) is 70.2 cm³/mol. The van der Waals surface area contributed by atoms with Gasteiger partial charge in [0.1, 0.15) is 5.00 Å². The van der Waals surface area contributed by atoms with E-state index in [0.717, 1.165) is 31.6 Å². The third-order valence-electron chi connectivity index (χ3n) is 4.05. The monoisotopic (exact) mass is 267 g/mol. The third kappa shape index (κ3) is 2.05. The number of fused-ring (bicyclic) bond motifs is 2. The van der Waals surface area contributed by atoms with Crippen LogP contribution in [0, 0.1) is 18.8 Å². The van der Waals surface area contributed by atoms with Gasteiger partial charge in [-0.25, -0.2) is 4.79 Å². The minimum absolute atomic E-state index is 0.146. The maximum atomic E-state index is 10.8. The van der Waals surface area contributed by atoms with Crippen molar-refractivity contribution in [1.29, 1.82) is 0 Å². The summed E-state index contributed by atoms with van der Waals surface area (Å²) in [4.78, 5) is 13.2. The number of nitrogens with one attached hydrogen (secondary N) is 1. The van der Waals surface area contributed by atoms with Gasteiger partial charge in [-0.05, 0) is 49.2 Å². The Morgan fingerprint density at radius 1 is 1.50 bits per heavy atom. The van der Waals surface area contributed by atoms with E-state index < -0.39 is 6.09 Å². The van der Waals surface area contributed by atoms with E-state index in [2.05, 4.69) is 20.7 Å². The lowest BCUT2D eigenvalue weighted by atomic mass is 9.92. The van der Waals surface area contributed by atoms with Crippen molar-refractivity contribution >= 4 is 22.6 Å². The SMILES string of the molecule is Cc1cc(N2C[C@H]3CC[C@@H](C2)[C@H]3NC(=O)O)sn1. The van der Waals surface area contributed by atoms with E-state index in [0.29, 0.717) is 11.8 Å². The minimum atomic E-state index is -0.890. The van der Waals surface area contributed by atoms with Gasteiger partial charge in [-0.2, -0.15) is 4.37 Å². The normalized spacial score (nSPS) is 30.5. The van der Waals surface area contributed by atoms with Gasteiger partial charge in [0.05, 0.1) is 5.69 Å². The highest BCUT2D eigenvalue weighted by atomic mass is 32.1. The number of aryl methyl sites for hydroxylation is 1. The van der Waals surface area contributed by atoms with E-state index in [1.807, 2.05) is 6.92 Å². The molecule has 0 unspecified atom stereocenters. The summed E-state index contributed by atoms with van der Waals surface area (Å²) in [6.07, 6.45) is 1.37. The van der Waals surface area contributed by atoms with Crippen molar-refractivity contribution in [1.82, 2.24) is 9.69 Å². The summed E-state index contributed by atoms with van der Waals surface area (Å²) in [5.41, 5.74) is 1.06. The van der Waals surface area contributed by atoms with Crippen LogP contribution in [0.4, 0.5) is 9.80 Å². The number of carboxylic acid groups (broad SMARTS) is 1. The summed E-state index contributed by atoms with van der Waals surface area (Å²) < 4.78 is 4.32. The van der Waals surface area contributed by atoms with Crippen LogP contribution in [0.15, 0.2) is 6.07 Å². The molecule has 0 radical (unpaired) electrons. The topological polar surface area (TPSA) is 65.5 Å². The Labute approximate surface area is 110 Å². The second-order valence-electron chi connectivity index (χ2n) is 5.28. The van der Waals surface area contributed by atoms with E-state index in [1.54, 1.807) is 11.5 Å². The van der Waals surface area contributed by atoms with Crippen molar-refractivity contribution in [2.45, 2.75) is 25.8 Å². The average Bonchev–Trinajstić information content (AvgIpc) is 2.81. The molecule has 2 heterocycles. The van der Waals surface area contributed by atoms with Gasteiger partial charge >= 0.3 is 6.09 Å². The summed E-state index contributed by atoms with van der Waals surface area (Å²) in [7, 11) is 0. The first kappa shape index (κ1) is 11.8. The summed E-state index contributed by atoms with van der Waals surface area (Å²) in [6, 6.07) is 2.27. The first-order valence-electron chi connectivity index (χ1n) is 6.31. The van der Waals surface area contributed by atoms with Gasteiger partial charge in [-0.15, -0.1) is 0 Å². The Bertz CT molecular complexity index is 448. The van der Waals surface area contributed by atoms with Gasteiger partial charge in [0.15, 0.2) is 0 Å². The first-order chi connectivity index (χ1) is 8.63. The maximum absolute atomic E-state index is 10.8. The standard InChI is InChI=1S/C12H17N3O2S/c1-7-4-10(18-14-7)15-5-8-2-3-9(6-15)11(8)13-12(16)17/h4,8-9,11,13H,2-3,5-6H2,1H3,(H,16,17)/t8-,9+,11+. The number of nitrogens with zero attached hydrogens (tertiary/aromatic N) is 2. The van der Waals surface area contributed by atoms with Crippen molar-refractivity contribution in [2.24, 2.45) is 11.8 Å². The number of hydrogen-bond acceptors (Lipinski definition) is 4. The molecule has 2 aliphatic rings. The Morgan fingerprint density at radius 3 is 2.67 bits per heavy atom. The van der Waals surface area contributed by atoms with Gasteiger partial charge in [0.2, 0.25) is 0 Å². The highest BCUT2D eigenvalue weighted by Crippen LogP contribution is 2.39. The molecule has 0 spiro atoms. The van der Waals surface area contributed by atoms with E-state index in [9.17, 15) is 4.79 Å². The summed E-state index contributed by atoms with van der Waals surface area (Å²) >= 11 is 1.54. The molecule has 98 valence electrons. The van der Waals surface area contributed by atoms with Crippen LogP contribution in [0.3, 0.4) is 0 Å². The zero-order chi connectivity index (χ0) is 12.7. The molecule has 18 heavy (non-hydrogen) atoms. The summed E-state index contributed by atoms with van der Waals surface area (Å²) in [5.74, 6) is 0.893. The third-order valence-corrected chi connectivity index (χ3v) is 4.99. The van der Waals surface area contributed by atoms with Crippen LogP contribution in [0.1, 0.15) is 18.5 Å². The smallest absolute Gasteiger partial charge is 0.404 e. The van der Waals surface area contributed by atoms with Crippen molar-refractivity contribution in [2.75, 3.05) is 18.0 Å². The molecular formula is C12H17N3O2S. The molecule has 1 saturated carbocycles. The number of carbonyl (C=O) groups is 1. The maximum Gasteiger partial charge on any atom is 0.404 e. The molecule has 1 aromatic rings. The largest absolute Gasteiger partial charge is 0.465 e. The van der Waals surface area contributed by atoms with Gasteiger partial charge in [-0.1, -0.05) is 0 Å². The zero-order valence-corrected chi connectivity index (χ0v) is 11.1. The van der Waals surface area contributed by atoms with Gasteiger partial charge in [0.25, 0.3) is 0 Å². The van der Waals surface area contributed by atoms with Crippen LogP contribution in [0.5, 0.6) is 0 Å². The van der Waals surface area contributed by atoms with Gasteiger partial charge < -0.3 is 15.3 Å². The number of aromatic nitrogens is 1. The molecule has 1 aromatic heterocycles. The molecule has 2 bridgehead atoms. The number of amides is 1. The summed E-state index contributed by atoms with van der Waals surface area (Å²) in [5, 5.41) is 12.8. The van der Waals surface area contributed by atoms with Crippen LogP contribution in [-0.2, 0) is 0 Å². The van der Waals surface area contributed by atoms with Crippen LogP contribution in [0.2, 0.25) is 0 Å². The van der Waals surface area contributed by atoms with Crippen LogP contribution < -0.4 is 10.2 Å². The number of anilines is 1. The molecule has 1 saturated heterocycles. The second kappa shape index (κ2) is 4.42. The van der Waals surface area contributed by atoms with Gasteiger partial charge in [0, 0.05) is 19.1 Å². The van der Waals surface area contributed by atoms with Crippen LogP contribution in [-0.4, -0.2) is 34.7 Å². The molecule has 1 aliphatic heterocycles. The Hall–Kier alpha value is -1.30. The number of hydrogen-bond donors (Lipinski definition) is 2. The Kier molecular flexibility index (Phi) is 2.89. The fraction of sp³-hybridized carbons (Fsp3) is 0.667. The minimum Gasteiger partial charge on any atom is -0.465 e. The molecule has 5 nitrogen and oxygen atoms in total. The molecule has 2 N–H and O–H groups in total. The fourth-order valence-corrected chi connectivity index (χ4v) is 4.06. The molecule has 2 fully saturated rings. The van der Waals surface area contributed by atoms with Crippen molar-refractivity contribution in [3.63, 3.8) is 0 Å². The van der Waals surface area contributed by atoms with Crippen molar-refractivity contribution < 1.29 is 9.90 Å². The molecule has 1 amide bonds.